The monoisotopic (exact) mass is 307 g/mol. The molecule has 0 heterocycles. The van der Waals surface area contributed by atoms with Crippen molar-refractivity contribution in [2.75, 3.05) is 0 Å². The first-order chi connectivity index (χ1) is 9.89. The van der Waals surface area contributed by atoms with Crippen molar-refractivity contribution in [2.24, 2.45) is 0 Å². The summed E-state index contributed by atoms with van der Waals surface area (Å²) in [6.45, 7) is 2.11. The predicted molar refractivity (Wildman–Crippen MR) is 88.7 cm³/mol. The molecule has 1 fully saturated rings. The largest absolute Gasteiger partial charge is 0.488 e. The molecule has 0 bridgehead atoms. The van der Waals surface area contributed by atoms with E-state index in [0.29, 0.717) is 11.4 Å². The average Bonchev–Trinajstić information content (AvgIpc) is 2.60. The molecule has 1 amide bonds. The molecule has 0 aliphatic heterocycles. The molecule has 0 aromatic heterocycles. The summed E-state index contributed by atoms with van der Waals surface area (Å²) in [5.74, 6) is 0.470. The summed E-state index contributed by atoms with van der Waals surface area (Å²) in [6, 6.07) is 7.51. The maximum absolute atomic E-state index is 11.3. The minimum atomic E-state index is -1.41. The molecule has 0 spiro atoms. The molecule has 6 heteroatoms. The zero-order chi connectivity index (χ0) is 15.5. The summed E-state index contributed by atoms with van der Waals surface area (Å²) < 4.78 is 0. The zero-order valence-electron chi connectivity index (χ0n) is 12.4. The quantitative estimate of drug-likeness (QED) is 0.453. The molecule has 4 nitrogen and oxygen atoms in total. The van der Waals surface area contributed by atoms with E-state index in [-0.39, 0.29) is 11.2 Å². The van der Waals surface area contributed by atoms with Crippen LogP contribution >= 0.6 is 9.24 Å². The lowest BCUT2D eigenvalue weighted by Gasteiger charge is -2.29. The standard InChI is InChI=1S/C15H23BNO3P/c1-15(17-14(18)21)9-2-3-11(8-10-15)12-4-6-13(7-5-12)16(19)20/h4-7,11,19-20H,2-3,8-10,21H2,1H3,(H,17,18). The fourth-order valence-electron chi connectivity index (χ4n) is 3.20. The summed E-state index contributed by atoms with van der Waals surface area (Å²) in [5, 5.41) is 21.3. The van der Waals surface area contributed by atoms with Gasteiger partial charge < -0.3 is 15.4 Å². The molecular weight excluding hydrogens is 284 g/mol. The molecule has 3 unspecified atom stereocenters. The van der Waals surface area contributed by atoms with Gasteiger partial charge in [-0.15, -0.1) is 0 Å². The minimum Gasteiger partial charge on any atom is -0.423 e. The van der Waals surface area contributed by atoms with E-state index in [0.717, 1.165) is 32.1 Å². The highest BCUT2D eigenvalue weighted by atomic mass is 31.0. The third kappa shape index (κ3) is 4.54. The van der Waals surface area contributed by atoms with Gasteiger partial charge in [-0.2, -0.15) is 0 Å². The van der Waals surface area contributed by atoms with Gasteiger partial charge in [-0.05, 0) is 58.8 Å². The number of nitrogens with one attached hydrogen (secondary N) is 1. The summed E-state index contributed by atoms with van der Waals surface area (Å²) in [7, 11) is 0.780. The number of rotatable bonds is 3. The lowest BCUT2D eigenvalue weighted by Crippen LogP contribution is -2.43. The Bertz CT molecular complexity index is 494. The third-order valence-corrected chi connectivity index (χ3v) is 4.60. The maximum atomic E-state index is 11.3. The van der Waals surface area contributed by atoms with Gasteiger partial charge in [0.2, 0.25) is 5.65 Å². The molecule has 1 aliphatic rings. The van der Waals surface area contributed by atoms with Crippen LogP contribution in [0.4, 0.5) is 4.79 Å². The van der Waals surface area contributed by atoms with Crippen LogP contribution in [0.2, 0.25) is 0 Å². The number of hydrogen-bond acceptors (Lipinski definition) is 3. The van der Waals surface area contributed by atoms with Crippen molar-refractivity contribution in [3.63, 3.8) is 0 Å². The molecule has 21 heavy (non-hydrogen) atoms. The average molecular weight is 307 g/mol. The highest BCUT2D eigenvalue weighted by molar-refractivity contribution is 7.39. The SMILES string of the molecule is CC1(NC(=O)P)CCCC(c2ccc(B(O)O)cc2)CC1. The number of carbonyl (C=O) groups is 1. The molecule has 3 atom stereocenters. The van der Waals surface area contributed by atoms with E-state index in [1.807, 2.05) is 12.1 Å². The number of carbonyl (C=O) groups excluding carboxylic acids is 1. The van der Waals surface area contributed by atoms with Gasteiger partial charge in [0, 0.05) is 5.54 Å². The molecule has 0 radical (unpaired) electrons. The van der Waals surface area contributed by atoms with Crippen molar-refractivity contribution in [3.8, 4) is 0 Å². The normalized spacial score (nSPS) is 26.0. The summed E-state index contributed by atoms with van der Waals surface area (Å²) in [6.07, 6.45) is 5.17. The van der Waals surface area contributed by atoms with Crippen molar-refractivity contribution < 1.29 is 14.8 Å². The van der Waals surface area contributed by atoms with E-state index in [2.05, 4.69) is 21.5 Å². The first-order valence-electron chi connectivity index (χ1n) is 7.43. The van der Waals surface area contributed by atoms with E-state index < -0.39 is 7.12 Å². The van der Waals surface area contributed by atoms with Gasteiger partial charge in [-0.1, -0.05) is 30.7 Å². The van der Waals surface area contributed by atoms with Crippen LogP contribution in [0.3, 0.4) is 0 Å². The van der Waals surface area contributed by atoms with Gasteiger partial charge in [0.1, 0.15) is 0 Å². The van der Waals surface area contributed by atoms with Crippen LogP contribution in [0.15, 0.2) is 24.3 Å². The topological polar surface area (TPSA) is 69.6 Å². The molecule has 3 N–H and O–H groups in total. The van der Waals surface area contributed by atoms with Gasteiger partial charge >= 0.3 is 7.12 Å². The Kier molecular flexibility index (Phi) is 5.42. The molecule has 2 rings (SSSR count). The lowest BCUT2D eigenvalue weighted by atomic mass is 9.79. The van der Waals surface area contributed by atoms with Crippen LogP contribution in [0.5, 0.6) is 0 Å². The molecule has 1 aliphatic carbocycles. The van der Waals surface area contributed by atoms with E-state index >= 15 is 0 Å². The first kappa shape index (κ1) is 16.5. The van der Waals surface area contributed by atoms with Crippen molar-refractivity contribution in [1.29, 1.82) is 0 Å². The summed E-state index contributed by atoms with van der Waals surface area (Å²) >= 11 is 0. The van der Waals surface area contributed by atoms with E-state index in [9.17, 15) is 4.79 Å². The van der Waals surface area contributed by atoms with Crippen LogP contribution in [-0.4, -0.2) is 28.4 Å². The van der Waals surface area contributed by atoms with Crippen molar-refractivity contribution in [1.82, 2.24) is 5.32 Å². The van der Waals surface area contributed by atoms with Gasteiger partial charge in [0.15, 0.2) is 0 Å². The zero-order valence-corrected chi connectivity index (χ0v) is 13.5. The minimum absolute atomic E-state index is 0.0442. The van der Waals surface area contributed by atoms with Crippen LogP contribution in [0.1, 0.15) is 50.5 Å². The smallest absolute Gasteiger partial charge is 0.423 e. The fraction of sp³-hybridized carbons (Fsp3) is 0.533. The van der Waals surface area contributed by atoms with Crippen LogP contribution in [-0.2, 0) is 0 Å². The molecule has 1 saturated carbocycles. The second-order valence-corrected chi connectivity index (χ2v) is 6.74. The molecular formula is C15H23BNO3P. The number of hydrogen-bond donors (Lipinski definition) is 3. The Morgan fingerprint density at radius 2 is 1.95 bits per heavy atom. The number of benzene rings is 1. The van der Waals surface area contributed by atoms with E-state index in [4.69, 9.17) is 10.0 Å². The van der Waals surface area contributed by atoms with Gasteiger partial charge in [-0.25, -0.2) is 0 Å². The third-order valence-electron chi connectivity index (χ3n) is 4.46. The Balaban J connectivity index is 2.04. The maximum Gasteiger partial charge on any atom is 0.488 e. The van der Waals surface area contributed by atoms with Crippen molar-refractivity contribution >= 4 is 27.5 Å². The second kappa shape index (κ2) is 6.91. The van der Waals surface area contributed by atoms with E-state index in [1.165, 1.54) is 5.56 Å². The highest BCUT2D eigenvalue weighted by Crippen LogP contribution is 2.35. The van der Waals surface area contributed by atoms with Gasteiger partial charge in [0.25, 0.3) is 0 Å². The summed E-state index contributed by atoms with van der Waals surface area (Å²) in [4.78, 5) is 11.3. The fourth-order valence-corrected chi connectivity index (χ4v) is 3.55. The van der Waals surface area contributed by atoms with Crippen LogP contribution in [0.25, 0.3) is 0 Å². The van der Waals surface area contributed by atoms with E-state index in [1.54, 1.807) is 12.1 Å². The van der Waals surface area contributed by atoms with Crippen molar-refractivity contribution in [2.45, 2.75) is 50.5 Å². The lowest BCUT2D eigenvalue weighted by molar-refractivity contribution is 0.243. The molecule has 1 aromatic carbocycles. The Morgan fingerprint density at radius 1 is 1.29 bits per heavy atom. The summed E-state index contributed by atoms with van der Waals surface area (Å²) in [5.41, 5.74) is 1.60. The molecule has 114 valence electrons. The first-order valence-corrected chi connectivity index (χ1v) is 8.01. The Hall–Kier alpha value is -0.895. The Morgan fingerprint density at radius 3 is 2.52 bits per heavy atom. The Labute approximate surface area is 128 Å². The second-order valence-electron chi connectivity index (χ2n) is 6.22. The molecule has 1 aromatic rings. The van der Waals surface area contributed by atoms with Gasteiger partial charge in [0.05, 0.1) is 0 Å². The highest BCUT2D eigenvalue weighted by Gasteiger charge is 2.29. The van der Waals surface area contributed by atoms with Crippen LogP contribution in [0, 0.1) is 0 Å². The number of amides is 1. The van der Waals surface area contributed by atoms with Crippen LogP contribution < -0.4 is 10.8 Å². The molecule has 0 saturated heterocycles. The predicted octanol–water partition coefficient (Wildman–Crippen LogP) is 1.76. The van der Waals surface area contributed by atoms with Gasteiger partial charge in [-0.3, -0.25) is 4.79 Å². The van der Waals surface area contributed by atoms with Crippen molar-refractivity contribution in [3.05, 3.63) is 29.8 Å².